The Bertz CT molecular complexity index is 707. The predicted molar refractivity (Wildman–Crippen MR) is 69.3 cm³/mol. The van der Waals surface area contributed by atoms with Crippen LogP contribution in [0.3, 0.4) is 0 Å². The van der Waals surface area contributed by atoms with E-state index in [0.717, 1.165) is 16.7 Å². The summed E-state index contributed by atoms with van der Waals surface area (Å²) >= 11 is 0. The molecule has 0 saturated carbocycles. The van der Waals surface area contributed by atoms with Gasteiger partial charge in [0.2, 0.25) is 0 Å². The van der Waals surface area contributed by atoms with Gasteiger partial charge in [-0.25, -0.2) is 4.98 Å². The fourth-order valence-corrected chi connectivity index (χ4v) is 1.77. The molecule has 3 aromatic rings. The van der Waals surface area contributed by atoms with Crippen LogP contribution in [0.4, 0.5) is 0 Å². The van der Waals surface area contributed by atoms with Crippen molar-refractivity contribution < 1.29 is 4.79 Å². The zero-order valence-electron chi connectivity index (χ0n) is 10.00. The summed E-state index contributed by atoms with van der Waals surface area (Å²) in [5, 5.41) is 2.80. The molecule has 0 unspecified atom stereocenters. The van der Waals surface area contributed by atoms with Crippen LogP contribution in [0.5, 0.6) is 0 Å². The van der Waals surface area contributed by atoms with Gasteiger partial charge in [-0.15, -0.1) is 0 Å². The standard InChI is InChI=1S/C13H11N5O/c19-13(16-7-10-6-14-3-4-15-10)9-1-2-11-12(5-9)18-8-17-11/h1-6,8H,7H2,(H,16,19)(H,17,18). The number of imidazole rings is 1. The zero-order chi connectivity index (χ0) is 13.1. The number of hydrogen-bond donors (Lipinski definition) is 2. The van der Waals surface area contributed by atoms with Crippen molar-refractivity contribution in [1.82, 2.24) is 25.3 Å². The van der Waals surface area contributed by atoms with Crippen molar-refractivity contribution >= 4 is 16.9 Å². The third-order valence-corrected chi connectivity index (χ3v) is 2.73. The van der Waals surface area contributed by atoms with Gasteiger partial charge in [0.25, 0.3) is 5.91 Å². The maximum atomic E-state index is 12.0. The molecule has 0 bridgehead atoms. The first-order valence-electron chi connectivity index (χ1n) is 5.79. The maximum Gasteiger partial charge on any atom is 0.251 e. The van der Waals surface area contributed by atoms with Crippen molar-refractivity contribution in [2.75, 3.05) is 0 Å². The molecule has 0 aliphatic carbocycles. The van der Waals surface area contributed by atoms with Crippen LogP contribution in [0.25, 0.3) is 11.0 Å². The Morgan fingerprint density at radius 3 is 3.05 bits per heavy atom. The summed E-state index contributed by atoms with van der Waals surface area (Å²) in [6, 6.07) is 5.33. The third kappa shape index (κ3) is 2.42. The first-order chi connectivity index (χ1) is 9.33. The minimum absolute atomic E-state index is 0.151. The predicted octanol–water partition coefficient (Wildman–Crippen LogP) is 1.28. The second-order valence-electron chi connectivity index (χ2n) is 4.01. The normalized spacial score (nSPS) is 10.5. The number of H-pyrrole nitrogens is 1. The van der Waals surface area contributed by atoms with E-state index in [9.17, 15) is 4.79 Å². The van der Waals surface area contributed by atoms with Crippen molar-refractivity contribution in [3.63, 3.8) is 0 Å². The van der Waals surface area contributed by atoms with Crippen LogP contribution in [-0.2, 0) is 6.54 Å². The molecule has 6 heteroatoms. The third-order valence-electron chi connectivity index (χ3n) is 2.73. The fourth-order valence-electron chi connectivity index (χ4n) is 1.77. The lowest BCUT2D eigenvalue weighted by atomic mass is 10.2. The van der Waals surface area contributed by atoms with Crippen LogP contribution < -0.4 is 5.32 Å². The topological polar surface area (TPSA) is 83.6 Å². The number of nitrogens with zero attached hydrogens (tertiary/aromatic N) is 3. The van der Waals surface area contributed by atoms with Gasteiger partial charge in [0.15, 0.2) is 0 Å². The Kier molecular flexibility index (Phi) is 2.89. The Labute approximate surface area is 108 Å². The lowest BCUT2D eigenvalue weighted by molar-refractivity contribution is 0.0950. The average Bonchev–Trinajstić information content (AvgIpc) is 2.93. The molecule has 2 heterocycles. The maximum absolute atomic E-state index is 12.0. The van der Waals surface area contributed by atoms with E-state index in [1.165, 1.54) is 0 Å². The van der Waals surface area contributed by atoms with E-state index in [1.54, 1.807) is 37.1 Å². The van der Waals surface area contributed by atoms with Crippen molar-refractivity contribution in [3.05, 3.63) is 54.4 Å². The Balaban J connectivity index is 1.73. The molecule has 0 atom stereocenters. The Morgan fingerprint density at radius 1 is 1.26 bits per heavy atom. The fraction of sp³-hybridized carbons (Fsp3) is 0.0769. The number of benzene rings is 1. The molecular weight excluding hydrogens is 242 g/mol. The number of carbonyl (C=O) groups is 1. The van der Waals surface area contributed by atoms with E-state index in [2.05, 4.69) is 25.3 Å². The van der Waals surface area contributed by atoms with Crippen molar-refractivity contribution in [3.8, 4) is 0 Å². The zero-order valence-corrected chi connectivity index (χ0v) is 10.00. The molecular formula is C13H11N5O. The van der Waals surface area contributed by atoms with Crippen LogP contribution in [-0.4, -0.2) is 25.8 Å². The SMILES string of the molecule is O=C(NCc1cnccn1)c1ccc2nc[nH]c2c1. The summed E-state index contributed by atoms with van der Waals surface area (Å²) in [5.41, 5.74) is 2.98. The van der Waals surface area contributed by atoms with Crippen molar-refractivity contribution in [1.29, 1.82) is 0 Å². The lowest BCUT2D eigenvalue weighted by Gasteiger charge is -2.04. The summed E-state index contributed by atoms with van der Waals surface area (Å²) in [4.78, 5) is 27.1. The molecule has 0 aliphatic rings. The molecule has 94 valence electrons. The van der Waals surface area contributed by atoms with E-state index >= 15 is 0 Å². The van der Waals surface area contributed by atoms with Crippen LogP contribution in [0.1, 0.15) is 16.1 Å². The highest BCUT2D eigenvalue weighted by atomic mass is 16.1. The molecule has 0 fully saturated rings. The monoisotopic (exact) mass is 253 g/mol. The first kappa shape index (κ1) is 11.3. The molecule has 6 nitrogen and oxygen atoms in total. The van der Waals surface area contributed by atoms with Crippen LogP contribution in [0, 0.1) is 0 Å². The molecule has 1 amide bonds. The van der Waals surface area contributed by atoms with E-state index < -0.39 is 0 Å². The van der Waals surface area contributed by atoms with E-state index in [0.29, 0.717) is 12.1 Å². The highest BCUT2D eigenvalue weighted by molar-refractivity contribution is 5.97. The number of aromatic nitrogens is 4. The first-order valence-corrected chi connectivity index (χ1v) is 5.79. The van der Waals surface area contributed by atoms with Gasteiger partial charge >= 0.3 is 0 Å². The number of hydrogen-bond acceptors (Lipinski definition) is 4. The van der Waals surface area contributed by atoms with Gasteiger partial charge in [0, 0.05) is 18.0 Å². The Hall–Kier alpha value is -2.76. The average molecular weight is 253 g/mol. The van der Waals surface area contributed by atoms with Crippen LogP contribution in [0.15, 0.2) is 43.1 Å². The minimum atomic E-state index is -0.151. The molecule has 2 aromatic heterocycles. The van der Waals surface area contributed by atoms with Crippen LogP contribution in [0.2, 0.25) is 0 Å². The highest BCUT2D eigenvalue weighted by Gasteiger charge is 2.07. The largest absolute Gasteiger partial charge is 0.346 e. The summed E-state index contributed by atoms with van der Waals surface area (Å²) in [6.45, 7) is 0.355. The summed E-state index contributed by atoms with van der Waals surface area (Å²) in [6.07, 6.45) is 6.42. The van der Waals surface area contributed by atoms with Gasteiger partial charge in [0.05, 0.1) is 35.8 Å². The number of nitrogens with one attached hydrogen (secondary N) is 2. The molecule has 0 spiro atoms. The second kappa shape index (κ2) is 4.85. The molecule has 0 aliphatic heterocycles. The minimum Gasteiger partial charge on any atom is -0.346 e. The number of amides is 1. The summed E-state index contributed by atoms with van der Waals surface area (Å²) in [5.74, 6) is -0.151. The van der Waals surface area contributed by atoms with Crippen molar-refractivity contribution in [2.24, 2.45) is 0 Å². The smallest absolute Gasteiger partial charge is 0.251 e. The van der Waals surface area contributed by atoms with Gasteiger partial charge in [0.1, 0.15) is 0 Å². The van der Waals surface area contributed by atoms with Gasteiger partial charge < -0.3 is 10.3 Å². The van der Waals surface area contributed by atoms with Gasteiger partial charge in [-0.2, -0.15) is 0 Å². The molecule has 1 aromatic carbocycles. The van der Waals surface area contributed by atoms with E-state index in [4.69, 9.17) is 0 Å². The van der Waals surface area contributed by atoms with Gasteiger partial charge in [-0.1, -0.05) is 0 Å². The second-order valence-corrected chi connectivity index (χ2v) is 4.01. The molecule has 3 rings (SSSR count). The lowest BCUT2D eigenvalue weighted by Crippen LogP contribution is -2.23. The van der Waals surface area contributed by atoms with E-state index in [1.807, 2.05) is 6.07 Å². The summed E-state index contributed by atoms with van der Waals surface area (Å²) < 4.78 is 0. The van der Waals surface area contributed by atoms with E-state index in [-0.39, 0.29) is 5.91 Å². The highest BCUT2D eigenvalue weighted by Crippen LogP contribution is 2.11. The molecule has 19 heavy (non-hydrogen) atoms. The number of aromatic amines is 1. The molecule has 2 N–H and O–H groups in total. The van der Waals surface area contributed by atoms with Gasteiger partial charge in [-0.05, 0) is 18.2 Å². The summed E-state index contributed by atoms with van der Waals surface area (Å²) in [7, 11) is 0. The molecule has 0 saturated heterocycles. The number of rotatable bonds is 3. The van der Waals surface area contributed by atoms with Gasteiger partial charge in [-0.3, -0.25) is 14.8 Å². The van der Waals surface area contributed by atoms with Crippen molar-refractivity contribution in [2.45, 2.75) is 6.54 Å². The van der Waals surface area contributed by atoms with Crippen LogP contribution >= 0.6 is 0 Å². The number of carbonyl (C=O) groups excluding carboxylic acids is 1. The quantitative estimate of drug-likeness (QED) is 0.736. The Morgan fingerprint density at radius 2 is 2.21 bits per heavy atom. The molecule has 0 radical (unpaired) electrons. The number of fused-ring (bicyclic) bond motifs is 1.